The van der Waals surface area contributed by atoms with E-state index in [9.17, 15) is 21.6 Å². The third-order valence-electron chi connectivity index (χ3n) is 4.50. The lowest BCUT2D eigenvalue weighted by Crippen LogP contribution is -2.36. The minimum absolute atomic E-state index is 0.0914. The van der Waals surface area contributed by atoms with Crippen molar-refractivity contribution in [3.63, 3.8) is 0 Å². The summed E-state index contributed by atoms with van der Waals surface area (Å²) in [5, 5.41) is 1.88. The van der Waals surface area contributed by atoms with Crippen LogP contribution in [0.4, 0.5) is 13.2 Å². The molecule has 0 aliphatic carbocycles. The van der Waals surface area contributed by atoms with E-state index in [1.54, 1.807) is 0 Å². The number of sulfonamides is 1. The number of benzene rings is 1. The molecule has 1 fully saturated rings. The predicted octanol–water partition coefficient (Wildman–Crippen LogP) is 4.35. The van der Waals surface area contributed by atoms with Gasteiger partial charge in [-0.05, 0) is 41.8 Å². The summed E-state index contributed by atoms with van der Waals surface area (Å²) < 4.78 is 72.0. The zero-order valence-corrected chi connectivity index (χ0v) is 16.0. The Morgan fingerprint density at radius 2 is 1.93 bits per heavy atom. The van der Waals surface area contributed by atoms with Gasteiger partial charge in [-0.2, -0.15) is 13.2 Å². The monoisotopic (exact) mass is 419 g/mol. The van der Waals surface area contributed by atoms with Crippen LogP contribution in [-0.2, 0) is 26.7 Å². The molecule has 9 heteroatoms. The smallest absolute Gasteiger partial charge is 0.381 e. The van der Waals surface area contributed by atoms with Crippen LogP contribution in [0.5, 0.6) is 0 Å². The van der Waals surface area contributed by atoms with Gasteiger partial charge in [0.05, 0.1) is 17.4 Å². The first kappa shape index (κ1) is 20.3. The topological polar surface area (TPSA) is 55.4 Å². The molecule has 3 rings (SSSR count). The normalized spacial score (nSPS) is 17.7. The van der Waals surface area contributed by atoms with Crippen molar-refractivity contribution in [2.24, 2.45) is 5.92 Å². The summed E-state index contributed by atoms with van der Waals surface area (Å²) in [5.74, 6) is -0.407. The Morgan fingerprint density at radius 3 is 2.56 bits per heavy atom. The van der Waals surface area contributed by atoms with E-state index in [0.717, 1.165) is 29.9 Å². The highest BCUT2D eigenvalue weighted by atomic mass is 32.2. The maximum Gasteiger partial charge on any atom is 0.416 e. The number of ether oxygens (including phenoxy) is 1. The molecular formula is C18H20F3NO3S2. The number of hydrogen-bond acceptors (Lipinski definition) is 4. The Kier molecular flexibility index (Phi) is 6.25. The van der Waals surface area contributed by atoms with E-state index >= 15 is 0 Å². The molecule has 1 aliphatic rings. The van der Waals surface area contributed by atoms with E-state index in [1.807, 2.05) is 17.5 Å². The number of alkyl halides is 3. The molecule has 0 saturated carbocycles. The standard InChI is InChI=1S/C18H20F3NO3S2/c19-18(20,21)15-4-1-3-13(11-15)12-27(23,24)22-17(16-5-2-10-26-16)14-6-8-25-9-7-14/h1-5,10-11,14,17,22H,6-9,12H2. The zero-order chi connectivity index (χ0) is 19.5. The van der Waals surface area contributed by atoms with Crippen molar-refractivity contribution in [1.82, 2.24) is 4.72 Å². The van der Waals surface area contributed by atoms with Gasteiger partial charge in [-0.3, -0.25) is 0 Å². The minimum Gasteiger partial charge on any atom is -0.381 e. The number of hydrogen-bond donors (Lipinski definition) is 1. The Morgan fingerprint density at radius 1 is 1.19 bits per heavy atom. The minimum atomic E-state index is -4.51. The molecular weight excluding hydrogens is 399 g/mol. The van der Waals surface area contributed by atoms with Gasteiger partial charge in [-0.25, -0.2) is 13.1 Å². The van der Waals surface area contributed by atoms with Crippen molar-refractivity contribution in [2.45, 2.75) is 30.8 Å². The van der Waals surface area contributed by atoms with E-state index in [1.165, 1.54) is 23.5 Å². The summed E-state index contributed by atoms with van der Waals surface area (Å²) in [6.07, 6.45) is -3.04. The second-order valence-corrected chi connectivity index (χ2v) is 9.25. The first-order valence-electron chi connectivity index (χ1n) is 8.52. The molecule has 4 nitrogen and oxygen atoms in total. The van der Waals surface area contributed by atoms with Gasteiger partial charge < -0.3 is 4.74 Å². The van der Waals surface area contributed by atoms with Gasteiger partial charge in [0.25, 0.3) is 0 Å². The van der Waals surface area contributed by atoms with Crippen LogP contribution in [0.1, 0.15) is 34.9 Å². The van der Waals surface area contributed by atoms with Crippen molar-refractivity contribution < 1.29 is 26.3 Å². The SMILES string of the molecule is O=S(=O)(Cc1cccc(C(F)(F)F)c1)NC(c1cccs1)C1CCOCC1. The lowest BCUT2D eigenvalue weighted by Gasteiger charge is -2.30. The number of nitrogens with one attached hydrogen (secondary N) is 1. The molecule has 2 aromatic rings. The third kappa shape index (κ3) is 5.54. The summed E-state index contributed by atoms with van der Waals surface area (Å²) in [4.78, 5) is 0.898. The summed E-state index contributed by atoms with van der Waals surface area (Å²) in [7, 11) is -3.82. The van der Waals surface area contributed by atoms with Gasteiger partial charge in [0.2, 0.25) is 10.0 Å². The zero-order valence-electron chi connectivity index (χ0n) is 14.4. The molecule has 1 atom stereocenters. The van der Waals surface area contributed by atoms with Crippen LogP contribution < -0.4 is 4.72 Å². The molecule has 27 heavy (non-hydrogen) atoms. The molecule has 0 spiro atoms. The fourth-order valence-electron chi connectivity index (χ4n) is 3.20. The van der Waals surface area contributed by atoms with Gasteiger partial charge in [0, 0.05) is 18.1 Å². The summed E-state index contributed by atoms with van der Waals surface area (Å²) in [6, 6.07) is 7.76. The molecule has 1 unspecified atom stereocenters. The van der Waals surface area contributed by atoms with Gasteiger partial charge in [-0.15, -0.1) is 11.3 Å². The van der Waals surface area contributed by atoms with Crippen molar-refractivity contribution >= 4 is 21.4 Å². The quantitative estimate of drug-likeness (QED) is 0.757. The van der Waals surface area contributed by atoms with E-state index in [0.29, 0.717) is 13.2 Å². The number of rotatable bonds is 6. The predicted molar refractivity (Wildman–Crippen MR) is 97.8 cm³/mol. The molecule has 2 heterocycles. The highest BCUT2D eigenvalue weighted by Crippen LogP contribution is 2.34. The Balaban J connectivity index is 1.79. The Bertz CT molecular complexity index is 845. The van der Waals surface area contributed by atoms with Crippen LogP contribution in [0.15, 0.2) is 41.8 Å². The van der Waals surface area contributed by atoms with Crippen molar-refractivity contribution in [3.8, 4) is 0 Å². The second kappa shape index (κ2) is 8.30. The van der Waals surface area contributed by atoms with Gasteiger partial charge in [-0.1, -0.05) is 24.3 Å². The average molecular weight is 419 g/mol. The Labute approximate surface area is 160 Å². The molecule has 1 N–H and O–H groups in total. The van der Waals surface area contributed by atoms with Crippen LogP contribution in [0.2, 0.25) is 0 Å². The lowest BCUT2D eigenvalue weighted by molar-refractivity contribution is -0.137. The highest BCUT2D eigenvalue weighted by molar-refractivity contribution is 7.88. The largest absolute Gasteiger partial charge is 0.416 e. The van der Waals surface area contributed by atoms with Crippen molar-refractivity contribution in [3.05, 3.63) is 57.8 Å². The van der Waals surface area contributed by atoms with Crippen LogP contribution in [0.25, 0.3) is 0 Å². The number of thiophene rings is 1. The second-order valence-electron chi connectivity index (χ2n) is 6.52. The Hall–Kier alpha value is -1.42. The molecule has 1 aromatic carbocycles. The first-order valence-corrected chi connectivity index (χ1v) is 11.0. The van der Waals surface area contributed by atoms with Crippen molar-refractivity contribution in [1.29, 1.82) is 0 Å². The fraction of sp³-hybridized carbons (Fsp3) is 0.444. The fourth-order valence-corrected chi connectivity index (χ4v) is 5.55. The molecule has 1 aliphatic heterocycles. The van der Waals surface area contributed by atoms with Crippen LogP contribution in [0, 0.1) is 5.92 Å². The average Bonchev–Trinajstić information content (AvgIpc) is 3.14. The molecule has 148 valence electrons. The van der Waals surface area contributed by atoms with Gasteiger partial charge >= 0.3 is 6.18 Å². The van der Waals surface area contributed by atoms with E-state index in [2.05, 4.69) is 4.72 Å². The third-order valence-corrected chi connectivity index (χ3v) is 6.79. The molecule has 1 saturated heterocycles. The van der Waals surface area contributed by atoms with Crippen LogP contribution >= 0.6 is 11.3 Å². The highest BCUT2D eigenvalue weighted by Gasteiger charge is 2.32. The maximum atomic E-state index is 12.9. The van der Waals surface area contributed by atoms with E-state index in [4.69, 9.17) is 4.74 Å². The van der Waals surface area contributed by atoms with Gasteiger partial charge in [0.1, 0.15) is 0 Å². The van der Waals surface area contributed by atoms with Crippen LogP contribution in [0.3, 0.4) is 0 Å². The van der Waals surface area contributed by atoms with E-state index in [-0.39, 0.29) is 11.5 Å². The summed E-state index contributed by atoms with van der Waals surface area (Å²) in [6.45, 7) is 1.14. The lowest BCUT2D eigenvalue weighted by atomic mass is 9.91. The molecule has 0 radical (unpaired) electrons. The molecule has 0 amide bonds. The van der Waals surface area contributed by atoms with Crippen LogP contribution in [-0.4, -0.2) is 21.6 Å². The number of halogens is 3. The summed E-state index contributed by atoms with van der Waals surface area (Å²) >= 11 is 1.46. The maximum absolute atomic E-state index is 12.9. The van der Waals surface area contributed by atoms with Gasteiger partial charge in [0.15, 0.2) is 0 Å². The molecule has 0 bridgehead atoms. The summed E-state index contributed by atoms with van der Waals surface area (Å²) in [5.41, 5.74) is -0.747. The first-order chi connectivity index (χ1) is 12.7. The molecule has 1 aromatic heterocycles. The van der Waals surface area contributed by atoms with E-state index < -0.39 is 33.6 Å². The van der Waals surface area contributed by atoms with Crippen molar-refractivity contribution in [2.75, 3.05) is 13.2 Å².